The number of nitrogen functional groups attached to an aromatic ring is 2. The normalized spacial score (nSPS) is 27.1. The first-order chi connectivity index (χ1) is 17.2. The van der Waals surface area contributed by atoms with Crippen molar-refractivity contribution < 1.29 is 14.2 Å². The molecule has 1 saturated carbocycles. The third-order valence-corrected chi connectivity index (χ3v) is 7.85. The first-order valence-electron chi connectivity index (χ1n) is 12.3. The van der Waals surface area contributed by atoms with Gasteiger partial charge in [-0.25, -0.2) is 15.0 Å². The van der Waals surface area contributed by atoms with Crippen LogP contribution in [0.25, 0.3) is 21.9 Å². The topological polar surface area (TPSA) is 123 Å². The van der Waals surface area contributed by atoms with Crippen molar-refractivity contribution in [3.8, 4) is 5.75 Å². The third-order valence-electron chi connectivity index (χ3n) is 7.85. The lowest BCUT2D eigenvalue weighted by molar-refractivity contribution is -0.168. The SMILES string of the molecule is COc1cc2ccc(CC[C@@]3(C)C[C@@H](n4ccc5c(N)ncnc54)[C@@H]4OC(C)(C)O[C@@H]43)cc2nc1N. The zero-order valence-corrected chi connectivity index (χ0v) is 21.1. The molecule has 0 unspecified atom stereocenters. The number of aryl methyl sites for hydroxylation is 1. The van der Waals surface area contributed by atoms with Crippen LogP contribution in [0.4, 0.5) is 11.6 Å². The second-order valence-corrected chi connectivity index (χ2v) is 10.8. The van der Waals surface area contributed by atoms with Crippen molar-refractivity contribution in [1.29, 1.82) is 0 Å². The van der Waals surface area contributed by atoms with Gasteiger partial charge >= 0.3 is 0 Å². The predicted octanol–water partition coefficient (Wildman–Crippen LogP) is 4.26. The smallest absolute Gasteiger partial charge is 0.166 e. The molecule has 0 bridgehead atoms. The third kappa shape index (κ3) is 3.65. The Morgan fingerprint density at radius 2 is 1.92 bits per heavy atom. The Labute approximate surface area is 209 Å². The highest BCUT2D eigenvalue weighted by Crippen LogP contribution is 2.55. The lowest BCUT2D eigenvalue weighted by Crippen LogP contribution is -2.34. The largest absolute Gasteiger partial charge is 0.493 e. The van der Waals surface area contributed by atoms with Gasteiger partial charge in [0.1, 0.15) is 23.9 Å². The Morgan fingerprint density at radius 1 is 1.08 bits per heavy atom. The summed E-state index contributed by atoms with van der Waals surface area (Å²) >= 11 is 0. The summed E-state index contributed by atoms with van der Waals surface area (Å²) in [6.07, 6.45) is 6.19. The van der Waals surface area contributed by atoms with E-state index in [2.05, 4.69) is 44.6 Å². The summed E-state index contributed by atoms with van der Waals surface area (Å²) in [7, 11) is 1.60. The number of pyridine rings is 1. The summed E-state index contributed by atoms with van der Waals surface area (Å²) in [5, 5.41) is 1.87. The highest BCUT2D eigenvalue weighted by Gasteiger charge is 2.59. The molecule has 188 valence electrons. The van der Waals surface area contributed by atoms with Crippen molar-refractivity contribution in [3.05, 3.63) is 48.4 Å². The van der Waals surface area contributed by atoms with Gasteiger partial charge < -0.3 is 30.2 Å². The maximum atomic E-state index is 6.52. The number of benzene rings is 1. The molecule has 3 aromatic heterocycles. The van der Waals surface area contributed by atoms with Crippen LogP contribution in [0.15, 0.2) is 42.9 Å². The number of nitrogens with two attached hydrogens (primary N) is 2. The highest BCUT2D eigenvalue weighted by atomic mass is 16.8. The van der Waals surface area contributed by atoms with Crippen molar-refractivity contribution >= 4 is 33.6 Å². The van der Waals surface area contributed by atoms with Gasteiger partial charge in [0.15, 0.2) is 17.4 Å². The molecule has 4 heterocycles. The molecule has 4 N–H and O–H groups in total. The number of fused-ring (bicyclic) bond motifs is 3. The molecular formula is C27H32N6O3. The van der Waals surface area contributed by atoms with Crippen molar-refractivity contribution in [2.45, 2.75) is 64.1 Å². The summed E-state index contributed by atoms with van der Waals surface area (Å²) in [5.74, 6) is 0.840. The minimum absolute atomic E-state index is 0.0346. The second kappa shape index (κ2) is 8.04. The number of methoxy groups -OCH3 is 1. The molecule has 0 radical (unpaired) electrons. The molecule has 0 amide bonds. The summed E-state index contributed by atoms with van der Waals surface area (Å²) in [6.45, 7) is 6.29. The van der Waals surface area contributed by atoms with Crippen LogP contribution in [0.5, 0.6) is 5.75 Å². The fraction of sp³-hybridized carbons (Fsp3) is 0.444. The van der Waals surface area contributed by atoms with Crippen LogP contribution >= 0.6 is 0 Å². The Hall–Kier alpha value is -3.43. The predicted molar refractivity (Wildman–Crippen MR) is 139 cm³/mol. The lowest BCUT2D eigenvalue weighted by atomic mass is 9.80. The number of rotatable bonds is 5. The minimum atomic E-state index is -0.643. The molecule has 9 nitrogen and oxygen atoms in total. The summed E-state index contributed by atoms with van der Waals surface area (Å²) < 4.78 is 20.5. The van der Waals surface area contributed by atoms with Gasteiger partial charge in [0.2, 0.25) is 0 Å². The van der Waals surface area contributed by atoms with E-state index in [-0.39, 0.29) is 23.7 Å². The number of hydrogen-bond donors (Lipinski definition) is 2. The average Bonchev–Trinajstić information content (AvgIpc) is 3.49. The fourth-order valence-corrected chi connectivity index (χ4v) is 6.04. The number of ether oxygens (including phenoxy) is 3. The Bertz CT molecular complexity index is 1470. The van der Waals surface area contributed by atoms with Gasteiger partial charge in [-0.3, -0.25) is 0 Å². The monoisotopic (exact) mass is 488 g/mol. The molecule has 4 aromatic rings. The number of anilines is 2. The first-order valence-corrected chi connectivity index (χ1v) is 12.3. The molecular weight excluding hydrogens is 456 g/mol. The van der Waals surface area contributed by atoms with Crippen LogP contribution < -0.4 is 16.2 Å². The molecule has 36 heavy (non-hydrogen) atoms. The molecule has 1 aliphatic heterocycles. The van der Waals surface area contributed by atoms with Gasteiger partial charge in [-0.1, -0.05) is 19.1 Å². The van der Waals surface area contributed by atoms with Gasteiger partial charge in [-0.2, -0.15) is 0 Å². The van der Waals surface area contributed by atoms with Crippen molar-refractivity contribution in [2.24, 2.45) is 5.41 Å². The van der Waals surface area contributed by atoms with E-state index >= 15 is 0 Å². The summed E-state index contributed by atoms with van der Waals surface area (Å²) in [4.78, 5) is 13.2. The highest BCUT2D eigenvalue weighted by molar-refractivity contribution is 5.86. The van der Waals surface area contributed by atoms with Crippen molar-refractivity contribution in [3.63, 3.8) is 0 Å². The van der Waals surface area contributed by atoms with Gasteiger partial charge in [0.25, 0.3) is 0 Å². The van der Waals surface area contributed by atoms with Crippen LogP contribution in [0.1, 0.15) is 45.2 Å². The maximum absolute atomic E-state index is 6.52. The Kier molecular flexibility index (Phi) is 5.14. The van der Waals surface area contributed by atoms with Crippen LogP contribution in [-0.4, -0.2) is 44.6 Å². The zero-order chi connectivity index (χ0) is 25.2. The van der Waals surface area contributed by atoms with E-state index in [9.17, 15) is 0 Å². The van der Waals surface area contributed by atoms with E-state index in [1.54, 1.807) is 7.11 Å². The van der Waals surface area contributed by atoms with E-state index < -0.39 is 5.79 Å². The lowest BCUT2D eigenvalue weighted by Gasteiger charge is -2.32. The standard InChI is InChI=1S/C27H32N6O3/c1-26(2)35-21-19(33-10-8-17-23(28)30-14-31-25(17)33)13-27(3,22(21)36-26)9-7-15-5-6-16-12-20(34-4)24(29)32-18(16)11-15/h5-6,8,10-12,14,19,21-22H,7,9,13H2,1-4H3,(H2,29,32)(H2,28,30,31)/t19-,21+,22+,27+/m1/s1. The van der Waals surface area contributed by atoms with Gasteiger partial charge in [0.05, 0.1) is 30.2 Å². The molecule has 2 fully saturated rings. The first kappa shape index (κ1) is 23.0. The van der Waals surface area contributed by atoms with Crippen LogP contribution in [0, 0.1) is 5.41 Å². The van der Waals surface area contributed by atoms with Crippen LogP contribution in [-0.2, 0) is 15.9 Å². The molecule has 4 atom stereocenters. The van der Waals surface area contributed by atoms with E-state index in [0.717, 1.165) is 41.2 Å². The second-order valence-electron chi connectivity index (χ2n) is 10.8. The minimum Gasteiger partial charge on any atom is -0.493 e. The quantitative estimate of drug-likeness (QED) is 0.427. The molecule has 1 aromatic carbocycles. The van der Waals surface area contributed by atoms with E-state index in [4.69, 9.17) is 25.7 Å². The van der Waals surface area contributed by atoms with Gasteiger partial charge in [-0.15, -0.1) is 0 Å². The fourth-order valence-electron chi connectivity index (χ4n) is 6.04. The molecule has 0 spiro atoms. The van der Waals surface area contributed by atoms with Crippen molar-refractivity contribution in [2.75, 3.05) is 18.6 Å². The number of aromatic nitrogens is 4. The number of hydrogen-bond acceptors (Lipinski definition) is 8. The molecule has 9 heteroatoms. The zero-order valence-electron chi connectivity index (χ0n) is 21.1. The van der Waals surface area contributed by atoms with Crippen LogP contribution in [0.2, 0.25) is 0 Å². The summed E-state index contributed by atoms with van der Waals surface area (Å²) in [5.41, 5.74) is 15.0. The Morgan fingerprint density at radius 3 is 2.72 bits per heavy atom. The Balaban J connectivity index is 1.30. The maximum Gasteiger partial charge on any atom is 0.166 e. The molecule has 1 aliphatic carbocycles. The van der Waals surface area contributed by atoms with Crippen molar-refractivity contribution in [1.82, 2.24) is 19.5 Å². The van der Waals surface area contributed by atoms with Gasteiger partial charge in [0, 0.05) is 11.6 Å². The van der Waals surface area contributed by atoms with Crippen LogP contribution in [0.3, 0.4) is 0 Å². The molecule has 6 rings (SSSR count). The van der Waals surface area contributed by atoms with E-state index in [1.807, 2.05) is 32.2 Å². The average molecular weight is 489 g/mol. The van der Waals surface area contributed by atoms with E-state index in [1.165, 1.54) is 11.9 Å². The van der Waals surface area contributed by atoms with Gasteiger partial charge in [-0.05, 0) is 62.3 Å². The molecule has 1 saturated heterocycles. The summed E-state index contributed by atoms with van der Waals surface area (Å²) in [6, 6.07) is 10.3. The van der Waals surface area contributed by atoms with E-state index in [0.29, 0.717) is 17.4 Å². The number of nitrogens with zero attached hydrogens (tertiary/aromatic N) is 4. The molecule has 2 aliphatic rings.